The lowest BCUT2D eigenvalue weighted by Crippen LogP contribution is -2.57. The summed E-state index contributed by atoms with van der Waals surface area (Å²) >= 11 is 0. The van der Waals surface area contributed by atoms with Crippen molar-refractivity contribution in [3.8, 4) is 0 Å². The highest BCUT2D eigenvalue weighted by atomic mass is 19.4. The number of halogens is 3. The molecule has 5 heterocycles. The maximum Gasteiger partial charge on any atom is 0.416 e. The Kier molecular flexibility index (Phi) is 5.87. The van der Waals surface area contributed by atoms with Crippen LogP contribution in [-0.2, 0) is 29.4 Å². The lowest BCUT2D eigenvalue weighted by molar-refractivity contribution is -0.141. The van der Waals surface area contributed by atoms with Crippen LogP contribution in [0.25, 0.3) is 5.65 Å². The van der Waals surface area contributed by atoms with Gasteiger partial charge in [0.1, 0.15) is 5.82 Å². The van der Waals surface area contributed by atoms with Crippen molar-refractivity contribution in [2.75, 3.05) is 44.2 Å². The first-order valence-corrected chi connectivity index (χ1v) is 12.7. The largest absolute Gasteiger partial charge is 0.416 e. The van der Waals surface area contributed by atoms with Crippen LogP contribution in [0.3, 0.4) is 0 Å². The van der Waals surface area contributed by atoms with Gasteiger partial charge in [-0.1, -0.05) is 12.1 Å². The molecule has 6 rings (SSSR count). The summed E-state index contributed by atoms with van der Waals surface area (Å²) in [4.78, 5) is 22.0. The summed E-state index contributed by atoms with van der Waals surface area (Å²) in [5.74, 6) is 0.870. The summed E-state index contributed by atoms with van der Waals surface area (Å²) in [7, 11) is 0. The predicted molar refractivity (Wildman–Crippen MR) is 130 cm³/mol. The van der Waals surface area contributed by atoms with E-state index in [9.17, 15) is 23.1 Å². The van der Waals surface area contributed by atoms with E-state index in [4.69, 9.17) is 4.98 Å². The summed E-state index contributed by atoms with van der Waals surface area (Å²) in [6.45, 7) is 3.52. The molecule has 3 aromatic rings. The van der Waals surface area contributed by atoms with Gasteiger partial charge >= 0.3 is 6.18 Å². The molecule has 0 aliphatic carbocycles. The average molecular weight is 515 g/mol. The number of hydrogen-bond acceptors (Lipinski definition) is 6. The highest BCUT2D eigenvalue weighted by molar-refractivity contribution is 5.82. The molecule has 0 spiro atoms. The fraction of sp³-hybridized carbons (Fsp3) is 0.500. The minimum absolute atomic E-state index is 0.0286. The zero-order valence-electron chi connectivity index (χ0n) is 20.3. The third-order valence-corrected chi connectivity index (χ3v) is 7.94. The molecule has 1 aromatic carbocycles. The van der Waals surface area contributed by atoms with Crippen molar-refractivity contribution in [2.45, 2.75) is 37.5 Å². The minimum Gasteiger partial charge on any atom is -0.385 e. The first-order chi connectivity index (χ1) is 17.7. The number of benzene rings is 1. The zero-order chi connectivity index (χ0) is 25.8. The molecule has 8 nitrogen and oxygen atoms in total. The van der Waals surface area contributed by atoms with Crippen LogP contribution in [0.1, 0.15) is 35.2 Å². The van der Waals surface area contributed by atoms with E-state index in [0.717, 1.165) is 55.2 Å². The van der Waals surface area contributed by atoms with E-state index in [2.05, 4.69) is 15.3 Å². The Labute approximate surface area is 212 Å². The number of anilines is 1. The topological polar surface area (TPSA) is 86.0 Å². The number of carbonyl (C=O) groups is 1. The molecular weight excluding hydrogens is 485 g/mol. The van der Waals surface area contributed by atoms with Gasteiger partial charge in [0.2, 0.25) is 5.91 Å². The second-order valence-electron chi connectivity index (χ2n) is 10.2. The second kappa shape index (κ2) is 8.98. The van der Waals surface area contributed by atoms with Crippen molar-refractivity contribution in [2.24, 2.45) is 5.92 Å². The van der Waals surface area contributed by atoms with Crippen LogP contribution in [-0.4, -0.2) is 69.8 Å². The van der Waals surface area contributed by atoms with Gasteiger partial charge in [-0.05, 0) is 43.5 Å². The van der Waals surface area contributed by atoms with Crippen LogP contribution < -0.4 is 10.2 Å². The Bertz CT molecular complexity index is 1330. The van der Waals surface area contributed by atoms with E-state index < -0.39 is 17.3 Å². The number of rotatable bonds is 3. The highest BCUT2D eigenvalue weighted by Gasteiger charge is 2.42. The summed E-state index contributed by atoms with van der Waals surface area (Å²) < 4.78 is 41.3. The van der Waals surface area contributed by atoms with Crippen molar-refractivity contribution < 1.29 is 23.1 Å². The third kappa shape index (κ3) is 4.33. The molecule has 3 aliphatic rings. The van der Waals surface area contributed by atoms with Gasteiger partial charge in [-0.15, -0.1) is 0 Å². The fourth-order valence-corrected chi connectivity index (χ4v) is 5.78. The van der Waals surface area contributed by atoms with E-state index in [-0.39, 0.29) is 30.2 Å². The van der Waals surface area contributed by atoms with Crippen LogP contribution >= 0.6 is 0 Å². The van der Waals surface area contributed by atoms with E-state index >= 15 is 0 Å². The molecule has 2 fully saturated rings. The normalized spacial score (nSPS) is 20.4. The summed E-state index contributed by atoms with van der Waals surface area (Å²) in [6.07, 6.45) is -0.619. The molecule has 2 saturated heterocycles. The zero-order valence-corrected chi connectivity index (χ0v) is 20.3. The number of aromatic nitrogens is 3. The Hall–Kier alpha value is -3.18. The smallest absolute Gasteiger partial charge is 0.385 e. The van der Waals surface area contributed by atoms with Crippen LogP contribution in [0.15, 0.2) is 36.5 Å². The van der Waals surface area contributed by atoms with Gasteiger partial charge in [-0.2, -0.15) is 22.8 Å². The Morgan fingerprint density at radius 1 is 1.11 bits per heavy atom. The van der Waals surface area contributed by atoms with Crippen LogP contribution in [0.5, 0.6) is 0 Å². The lowest BCUT2D eigenvalue weighted by atomic mass is 9.83. The number of likely N-dealkylation sites (tertiary alicyclic amines) is 1. The summed E-state index contributed by atoms with van der Waals surface area (Å²) in [5.41, 5.74) is 1.15. The van der Waals surface area contributed by atoms with Gasteiger partial charge in [0.25, 0.3) is 0 Å². The van der Waals surface area contributed by atoms with Gasteiger partial charge < -0.3 is 20.2 Å². The molecule has 0 unspecified atom stereocenters. The Morgan fingerprint density at radius 3 is 2.62 bits per heavy atom. The molecule has 3 aliphatic heterocycles. The summed E-state index contributed by atoms with van der Waals surface area (Å²) in [6, 6.07) is 6.76. The molecule has 0 saturated carbocycles. The second-order valence-corrected chi connectivity index (χ2v) is 10.2. The van der Waals surface area contributed by atoms with Crippen molar-refractivity contribution in [1.29, 1.82) is 0 Å². The molecule has 0 atom stereocenters. The molecule has 37 heavy (non-hydrogen) atoms. The van der Waals surface area contributed by atoms with Crippen LogP contribution in [0.2, 0.25) is 0 Å². The van der Waals surface area contributed by atoms with Gasteiger partial charge in [-0.25, -0.2) is 4.98 Å². The van der Waals surface area contributed by atoms with Crippen molar-refractivity contribution >= 4 is 17.4 Å². The average Bonchev–Trinajstić information content (AvgIpc) is 3.19. The van der Waals surface area contributed by atoms with Gasteiger partial charge in [0.15, 0.2) is 5.65 Å². The minimum atomic E-state index is -4.47. The molecule has 0 bridgehead atoms. The molecular formula is C26H29F3N6O2. The number of piperidine rings is 1. The molecule has 196 valence electrons. The number of alkyl halides is 3. The SMILES string of the molecule is O=C(C1CN(c2c3c(nc4ccnn24)CCNCC3)C1)N1CCC(O)(c2cccc(C(F)(F)F)c2)CC1. The number of nitrogens with one attached hydrogen (secondary N) is 1. The predicted octanol–water partition coefficient (Wildman–Crippen LogP) is 2.38. The van der Waals surface area contributed by atoms with Crippen LogP contribution in [0.4, 0.5) is 19.0 Å². The first-order valence-electron chi connectivity index (χ1n) is 12.7. The number of nitrogens with zero attached hydrogens (tertiary/aromatic N) is 5. The molecule has 0 radical (unpaired) electrons. The monoisotopic (exact) mass is 514 g/mol. The molecule has 2 aromatic heterocycles. The van der Waals surface area contributed by atoms with E-state index in [0.29, 0.717) is 26.2 Å². The first kappa shape index (κ1) is 24.2. The maximum absolute atomic E-state index is 13.3. The molecule has 11 heteroatoms. The lowest BCUT2D eigenvalue weighted by Gasteiger charge is -2.45. The van der Waals surface area contributed by atoms with E-state index in [1.165, 1.54) is 17.7 Å². The van der Waals surface area contributed by atoms with Crippen LogP contribution in [0, 0.1) is 5.92 Å². The Balaban J connectivity index is 1.13. The third-order valence-electron chi connectivity index (χ3n) is 7.94. The van der Waals surface area contributed by atoms with Gasteiger partial charge in [0.05, 0.1) is 29.0 Å². The van der Waals surface area contributed by atoms with Crippen molar-refractivity contribution in [3.05, 3.63) is 58.9 Å². The molecule has 1 amide bonds. The number of hydrogen-bond donors (Lipinski definition) is 2. The van der Waals surface area contributed by atoms with Gasteiger partial charge in [-0.3, -0.25) is 4.79 Å². The highest BCUT2D eigenvalue weighted by Crippen LogP contribution is 2.38. The standard InChI is InChI=1S/C26H29F3N6O2/c27-26(28,29)19-3-1-2-18(14-19)25(37)7-12-33(13-8-25)24(36)17-15-34(16-17)23-20-4-9-30-10-5-21(20)32-22-6-11-31-35(22)23/h1-3,6,11,14,17,30,37H,4-5,7-10,12-13,15-16H2. The van der Waals surface area contributed by atoms with Gasteiger partial charge in [0, 0.05) is 50.8 Å². The summed E-state index contributed by atoms with van der Waals surface area (Å²) in [5, 5.41) is 19.0. The van der Waals surface area contributed by atoms with E-state index in [1.54, 1.807) is 11.1 Å². The fourth-order valence-electron chi connectivity index (χ4n) is 5.78. The number of carbonyl (C=O) groups excluding carboxylic acids is 1. The van der Waals surface area contributed by atoms with Crippen molar-refractivity contribution in [3.63, 3.8) is 0 Å². The number of amides is 1. The molecule has 2 N–H and O–H groups in total. The maximum atomic E-state index is 13.3. The number of fused-ring (bicyclic) bond motifs is 2. The van der Waals surface area contributed by atoms with Crippen molar-refractivity contribution in [1.82, 2.24) is 24.8 Å². The van der Waals surface area contributed by atoms with E-state index in [1.807, 2.05) is 10.6 Å². The quantitative estimate of drug-likeness (QED) is 0.559. The number of aliphatic hydroxyl groups is 1. The Morgan fingerprint density at radius 2 is 1.86 bits per heavy atom.